The van der Waals surface area contributed by atoms with Gasteiger partial charge in [-0.1, -0.05) is 0 Å². The summed E-state index contributed by atoms with van der Waals surface area (Å²) in [6.07, 6.45) is -0.837. The summed E-state index contributed by atoms with van der Waals surface area (Å²) in [5.41, 5.74) is 0. The summed E-state index contributed by atoms with van der Waals surface area (Å²) < 4.78 is 10.1. The molecule has 2 amide bonds. The van der Waals surface area contributed by atoms with E-state index in [2.05, 4.69) is 0 Å². The number of hydrogen-bond acceptors (Lipinski definition) is 7. The van der Waals surface area contributed by atoms with E-state index in [0.29, 0.717) is 0 Å². The number of amides is 2. The number of thiocarbonyl (C=S) groups is 1. The molecular formula is C13H18N2O6S. The van der Waals surface area contributed by atoms with Crippen LogP contribution in [-0.4, -0.2) is 64.0 Å². The molecule has 0 saturated carbocycles. The van der Waals surface area contributed by atoms with Crippen molar-refractivity contribution in [1.82, 2.24) is 9.80 Å². The average Bonchev–Trinajstić information content (AvgIpc) is 2.36. The molecule has 1 aliphatic heterocycles. The van der Waals surface area contributed by atoms with Crippen LogP contribution in [0.3, 0.4) is 0 Å². The second-order valence-corrected chi connectivity index (χ2v) is 5.18. The molecule has 0 bridgehead atoms. The van der Waals surface area contributed by atoms with Gasteiger partial charge in [0.15, 0.2) is 5.11 Å². The summed E-state index contributed by atoms with van der Waals surface area (Å²) in [5.74, 6) is -1.92. The molecule has 9 heteroatoms. The Kier molecular flexibility index (Phi) is 5.98. The van der Waals surface area contributed by atoms with Crippen molar-refractivity contribution in [3.05, 3.63) is 0 Å². The topological polar surface area (TPSA) is 93.2 Å². The van der Waals surface area contributed by atoms with E-state index in [9.17, 15) is 19.2 Å². The molecule has 0 aromatic carbocycles. The van der Waals surface area contributed by atoms with Crippen molar-refractivity contribution >= 4 is 41.1 Å². The molecule has 0 N–H and O–H groups in total. The molecule has 0 radical (unpaired) electrons. The van der Waals surface area contributed by atoms with Crippen LogP contribution in [0.2, 0.25) is 0 Å². The molecule has 0 aromatic rings. The number of carbonyl (C=O) groups is 4. The summed E-state index contributed by atoms with van der Waals surface area (Å²) in [4.78, 5) is 48.1. The lowest BCUT2D eigenvalue weighted by Crippen LogP contribution is -2.65. The lowest BCUT2D eigenvalue weighted by Gasteiger charge is -2.44. The van der Waals surface area contributed by atoms with Gasteiger partial charge in [-0.25, -0.2) is 0 Å². The molecule has 0 spiro atoms. The largest absolute Gasteiger partial charge is 0.464 e. The second-order valence-electron chi connectivity index (χ2n) is 4.82. The van der Waals surface area contributed by atoms with E-state index in [-0.39, 0.29) is 24.2 Å². The summed E-state index contributed by atoms with van der Waals surface area (Å²) in [5, 5.41) is 0.000513. The van der Waals surface area contributed by atoms with Crippen molar-refractivity contribution in [1.29, 1.82) is 0 Å². The molecule has 22 heavy (non-hydrogen) atoms. The molecule has 1 rings (SSSR count). The third kappa shape index (κ3) is 4.23. The Hall–Kier alpha value is -2.03. The quantitative estimate of drug-likeness (QED) is 0.524. The Bertz CT molecular complexity index is 521. The highest BCUT2D eigenvalue weighted by atomic mass is 32.1. The fraction of sp³-hybridized carbons (Fsp3) is 0.615. The lowest BCUT2D eigenvalue weighted by molar-refractivity contribution is -0.161. The number of hydrogen-bond donors (Lipinski definition) is 0. The fourth-order valence-corrected chi connectivity index (χ4v) is 2.63. The van der Waals surface area contributed by atoms with Crippen LogP contribution in [0.4, 0.5) is 0 Å². The summed E-state index contributed by atoms with van der Waals surface area (Å²) in [7, 11) is 0. The molecule has 8 nitrogen and oxygen atoms in total. The van der Waals surface area contributed by atoms with Crippen LogP contribution < -0.4 is 0 Å². The van der Waals surface area contributed by atoms with Gasteiger partial charge in [0.25, 0.3) is 0 Å². The minimum Gasteiger partial charge on any atom is -0.464 e. The van der Waals surface area contributed by atoms with Crippen LogP contribution in [0.15, 0.2) is 0 Å². The minimum atomic E-state index is -0.837. The van der Waals surface area contributed by atoms with Gasteiger partial charge in [0.1, 0.15) is 18.8 Å². The monoisotopic (exact) mass is 330 g/mol. The molecule has 0 aromatic heterocycles. The summed E-state index contributed by atoms with van der Waals surface area (Å²) in [6, 6.07) is -0.770. The number of ether oxygens (including phenoxy) is 2. The van der Waals surface area contributed by atoms with Crippen LogP contribution in [0.1, 0.15) is 27.7 Å². The third-order valence-electron chi connectivity index (χ3n) is 3.05. The van der Waals surface area contributed by atoms with Crippen molar-refractivity contribution in [3.8, 4) is 0 Å². The van der Waals surface area contributed by atoms with E-state index in [1.807, 2.05) is 0 Å². The maximum Gasteiger partial charge on any atom is 0.303 e. The Balaban J connectivity index is 3.14. The zero-order chi connectivity index (χ0) is 17.0. The highest BCUT2D eigenvalue weighted by molar-refractivity contribution is 7.80. The van der Waals surface area contributed by atoms with Crippen LogP contribution in [0.5, 0.6) is 0 Å². The average molecular weight is 330 g/mol. The van der Waals surface area contributed by atoms with Crippen molar-refractivity contribution in [3.63, 3.8) is 0 Å². The molecule has 1 fully saturated rings. The summed E-state index contributed by atoms with van der Waals surface area (Å²) in [6.45, 7) is 4.82. The van der Waals surface area contributed by atoms with Crippen molar-refractivity contribution in [2.75, 3.05) is 13.2 Å². The van der Waals surface area contributed by atoms with E-state index in [4.69, 9.17) is 21.7 Å². The van der Waals surface area contributed by atoms with Gasteiger partial charge >= 0.3 is 11.9 Å². The van der Waals surface area contributed by atoms with Gasteiger partial charge < -0.3 is 9.47 Å². The number of carbonyl (C=O) groups excluding carboxylic acids is 4. The highest BCUT2D eigenvalue weighted by Gasteiger charge is 2.43. The van der Waals surface area contributed by atoms with Gasteiger partial charge in [0.05, 0.1) is 6.54 Å². The molecular weight excluding hydrogens is 312 g/mol. The predicted molar refractivity (Wildman–Crippen MR) is 78.5 cm³/mol. The van der Waals surface area contributed by atoms with Gasteiger partial charge in [-0.15, -0.1) is 0 Å². The fourth-order valence-electron chi connectivity index (χ4n) is 2.16. The van der Waals surface area contributed by atoms with E-state index in [1.54, 1.807) is 0 Å². The first-order valence-electron chi connectivity index (χ1n) is 6.57. The Labute approximate surface area is 133 Å². The van der Waals surface area contributed by atoms with E-state index in [0.717, 1.165) is 4.90 Å². The SMILES string of the molecule is CC(=O)OC[C@@H]1[C@@H](OC(C)=O)CN(C(C)=O)C(=S)N1C(C)=O. The molecule has 1 aliphatic rings. The Morgan fingerprint density at radius 2 is 1.68 bits per heavy atom. The Morgan fingerprint density at radius 3 is 2.09 bits per heavy atom. The summed E-state index contributed by atoms with van der Waals surface area (Å²) >= 11 is 5.15. The van der Waals surface area contributed by atoms with Gasteiger partial charge in [-0.2, -0.15) is 0 Å². The number of rotatable bonds is 3. The predicted octanol–water partition coefficient (Wildman–Crippen LogP) is -0.155. The first-order valence-corrected chi connectivity index (χ1v) is 6.98. The van der Waals surface area contributed by atoms with Crippen LogP contribution >= 0.6 is 12.2 Å². The number of esters is 2. The first kappa shape index (κ1) is 18.0. The maximum atomic E-state index is 11.9. The molecule has 0 aliphatic carbocycles. The molecule has 1 heterocycles. The smallest absolute Gasteiger partial charge is 0.303 e. The second kappa shape index (κ2) is 7.30. The van der Waals surface area contributed by atoms with Gasteiger partial charge in [0.2, 0.25) is 11.8 Å². The molecule has 1 saturated heterocycles. The standard InChI is InChI=1S/C13H18N2O6S/c1-7(16)14-5-12(21-10(4)19)11(6-20-9(3)18)15(8(2)17)13(14)22/h11-12H,5-6H2,1-4H3/t11-,12+/m1/s1. The van der Waals surface area contributed by atoms with Gasteiger partial charge in [-0.3, -0.25) is 29.0 Å². The third-order valence-corrected chi connectivity index (χ3v) is 3.47. The Morgan fingerprint density at radius 1 is 1.09 bits per heavy atom. The number of nitrogens with zero attached hydrogens (tertiary/aromatic N) is 2. The van der Waals surface area contributed by atoms with Crippen LogP contribution in [-0.2, 0) is 28.7 Å². The van der Waals surface area contributed by atoms with Gasteiger partial charge in [0, 0.05) is 27.7 Å². The van der Waals surface area contributed by atoms with Crippen LogP contribution in [0.25, 0.3) is 0 Å². The normalized spacial score (nSPS) is 21.4. The van der Waals surface area contributed by atoms with E-state index < -0.39 is 30.0 Å². The molecule has 122 valence electrons. The zero-order valence-corrected chi connectivity index (χ0v) is 13.6. The molecule has 2 atom stereocenters. The van der Waals surface area contributed by atoms with Crippen molar-refractivity contribution in [2.45, 2.75) is 39.8 Å². The maximum absolute atomic E-state index is 11.9. The van der Waals surface area contributed by atoms with E-state index >= 15 is 0 Å². The highest BCUT2D eigenvalue weighted by Crippen LogP contribution is 2.21. The van der Waals surface area contributed by atoms with Gasteiger partial charge in [-0.05, 0) is 12.2 Å². The van der Waals surface area contributed by atoms with Crippen molar-refractivity contribution < 1.29 is 28.7 Å². The minimum absolute atomic E-state index is 0.000513. The molecule has 0 unspecified atom stereocenters. The zero-order valence-electron chi connectivity index (χ0n) is 12.8. The van der Waals surface area contributed by atoms with E-state index in [1.165, 1.54) is 32.6 Å². The van der Waals surface area contributed by atoms with Crippen molar-refractivity contribution in [2.24, 2.45) is 0 Å². The first-order chi connectivity index (χ1) is 10.1. The lowest BCUT2D eigenvalue weighted by atomic mass is 10.1. The van der Waals surface area contributed by atoms with Crippen LogP contribution in [0, 0.1) is 0 Å².